The second kappa shape index (κ2) is 6.82. The van der Waals surface area contributed by atoms with Gasteiger partial charge in [-0.25, -0.2) is 0 Å². The average molecular weight is 285 g/mol. The zero-order chi connectivity index (χ0) is 13.9. The SMILES string of the molecule is CCN(C1CSCC(C)(C)C1)C1CCCCC1CN. The largest absolute Gasteiger partial charge is 0.330 e. The second-order valence-electron chi connectivity index (χ2n) is 7.22. The Morgan fingerprint density at radius 2 is 2.00 bits per heavy atom. The molecule has 1 saturated heterocycles. The summed E-state index contributed by atoms with van der Waals surface area (Å²) in [6, 6.07) is 1.53. The summed E-state index contributed by atoms with van der Waals surface area (Å²) < 4.78 is 0. The molecule has 19 heavy (non-hydrogen) atoms. The summed E-state index contributed by atoms with van der Waals surface area (Å²) in [5.74, 6) is 3.39. The Labute approximate surface area is 123 Å². The Morgan fingerprint density at radius 3 is 2.63 bits per heavy atom. The van der Waals surface area contributed by atoms with E-state index in [1.54, 1.807) is 0 Å². The van der Waals surface area contributed by atoms with Gasteiger partial charge >= 0.3 is 0 Å². The zero-order valence-corrected chi connectivity index (χ0v) is 13.8. The predicted molar refractivity (Wildman–Crippen MR) is 86.7 cm³/mol. The van der Waals surface area contributed by atoms with Crippen molar-refractivity contribution >= 4 is 11.8 Å². The quantitative estimate of drug-likeness (QED) is 0.858. The summed E-state index contributed by atoms with van der Waals surface area (Å²) in [4.78, 5) is 2.81. The van der Waals surface area contributed by atoms with E-state index in [0.717, 1.165) is 24.5 Å². The minimum Gasteiger partial charge on any atom is -0.330 e. The molecule has 0 spiro atoms. The van der Waals surface area contributed by atoms with Gasteiger partial charge < -0.3 is 5.73 Å². The van der Waals surface area contributed by atoms with E-state index in [-0.39, 0.29) is 0 Å². The van der Waals surface area contributed by atoms with Gasteiger partial charge in [0.15, 0.2) is 0 Å². The average Bonchev–Trinajstić information content (AvgIpc) is 2.39. The highest BCUT2D eigenvalue weighted by atomic mass is 32.2. The van der Waals surface area contributed by atoms with Gasteiger partial charge in [0.25, 0.3) is 0 Å². The number of rotatable bonds is 4. The first-order valence-electron chi connectivity index (χ1n) is 8.11. The molecule has 2 rings (SSSR count). The molecule has 0 radical (unpaired) electrons. The zero-order valence-electron chi connectivity index (χ0n) is 13.0. The van der Waals surface area contributed by atoms with Crippen molar-refractivity contribution in [2.75, 3.05) is 24.6 Å². The van der Waals surface area contributed by atoms with Gasteiger partial charge in [-0.1, -0.05) is 33.6 Å². The molecule has 0 aromatic heterocycles. The molecule has 1 saturated carbocycles. The van der Waals surface area contributed by atoms with Crippen molar-refractivity contribution in [3.63, 3.8) is 0 Å². The van der Waals surface area contributed by atoms with Crippen molar-refractivity contribution in [1.29, 1.82) is 0 Å². The lowest BCUT2D eigenvalue weighted by Crippen LogP contribution is -2.53. The molecule has 0 aromatic rings. The molecule has 1 heterocycles. The van der Waals surface area contributed by atoms with Crippen molar-refractivity contribution in [2.45, 2.75) is 65.0 Å². The fraction of sp³-hybridized carbons (Fsp3) is 1.00. The lowest BCUT2D eigenvalue weighted by atomic mass is 9.81. The van der Waals surface area contributed by atoms with Crippen molar-refractivity contribution < 1.29 is 0 Å². The summed E-state index contributed by atoms with van der Waals surface area (Å²) in [7, 11) is 0. The molecule has 0 aromatic carbocycles. The lowest BCUT2D eigenvalue weighted by molar-refractivity contribution is 0.0593. The van der Waals surface area contributed by atoms with Gasteiger partial charge in [0, 0.05) is 17.8 Å². The van der Waals surface area contributed by atoms with Crippen LogP contribution in [0.4, 0.5) is 0 Å². The van der Waals surface area contributed by atoms with Crippen molar-refractivity contribution in [2.24, 2.45) is 17.1 Å². The molecular formula is C16H32N2S. The molecule has 2 aliphatic rings. The number of hydrogen-bond acceptors (Lipinski definition) is 3. The molecule has 2 fully saturated rings. The fourth-order valence-corrected chi connectivity index (χ4v) is 5.47. The van der Waals surface area contributed by atoms with Crippen molar-refractivity contribution in [3.8, 4) is 0 Å². The van der Waals surface area contributed by atoms with E-state index in [2.05, 4.69) is 37.4 Å². The molecule has 1 aliphatic heterocycles. The summed E-state index contributed by atoms with van der Waals surface area (Å²) in [5, 5.41) is 0. The maximum atomic E-state index is 6.04. The Bertz CT molecular complexity index is 280. The molecule has 3 heteroatoms. The second-order valence-corrected chi connectivity index (χ2v) is 8.25. The third-order valence-electron chi connectivity index (χ3n) is 5.02. The van der Waals surface area contributed by atoms with Crippen LogP contribution < -0.4 is 5.73 Å². The van der Waals surface area contributed by atoms with Gasteiger partial charge in [-0.05, 0) is 49.4 Å². The van der Waals surface area contributed by atoms with Crippen LogP contribution in [-0.2, 0) is 0 Å². The van der Waals surface area contributed by atoms with Crippen molar-refractivity contribution in [1.82, 2.24) is 4.90 Å². The van der Waals surface area contributed by atoms with Crippen LogP contribution in [0, 0.1) is 11.3 Å². The minimum absolute atomic E-state index is 0.508. The van der Waals surface area contributed by atoms with E-state index in [1.807, 2.05) is 0 Å². The van der Waals surface area contributed by atoms with Crippen LogP contribution in [0.25, 0.3) is 0 Å². The van der Waals surface area contributed by atoms with E-state index in [4.69, 9.17) is 5.73 Å². The highest BCUT2D eigenvalue weighted by Crippen LogP contribution is 2.38. The Balaban J connectivity index is 2.05. The molecule has 2 nitrogen and oxygen atoms in total. The van der Waals surface area contributed by atoms with Gasteiger partial charge in [0.1, 0.15) is 0 Å². The van der Waals surface area contributed by atoms with E-state index >= 15 is 0 Å². The number of nitrogens with two attached hydrogens (primary N) is 1. The molecule has 2 N–H and O–H groups in total. The highest BCUT2D eigenvalue weighted by Gasteiger charge is 2.37. The highest BCUT2D eigenvalue weighted by molar-refractivity contribution is 7.99. The molecule has 0 bridgehead atoms. The standard InChI is InChI=1S/C16H32N2S/c1-4-18(14-9-16(2,3)12-19-11-14)15-8-6-5-7-13(15)10-17/h13-15H,4-12,17H2,1-3H3. The molecular weight excluding hydrogens is 252 g/mol. The van der Waals surface area contributed by atoms with Gasteiger partial charge in [0.05, 0.1) is 0 Å². The summed E-state index contributed by atoms with van der Waals surface area (Å²) >= 11 is 2.15. The predicted octanol–water partition coefficient (Wildman–Crippen LogP) is 3.36. The minimum atomic E-state index is 0.508. The molecule has 1 aliphatic carbocycles. The van der Waals surface area contributed by atoms with Gasteiger partial charge in [-0.2, -0.15) is 11.8 Å². The van der Waals surface area contributed by atoms with Gasteiger partial charge in [-0.3, -0.25) is 4.90 Å². The van der Waals surface area contributed by atoms with Crippen LogP contribution >= 0.6 is 11.8 Å². The van der Waals surface area contributed by atoms with E-state index in [0.29, 0.717) is 5.41 Å². The van der Waals surface area contributed by atoms with Crippen LogP contribution in [-0.4, -0.2) is 41.6 Å². The lowest BCUT2D eigenvalue weighted by Gasteiger charge is -2.47. The number of hydrogen-bond donors (Lipinski definition) is 1. The van der Waals surface area contributed by atoms with Crippen molar-refractivity contribution in [3.05, 3.63) is 0 Å². The topological polar surface area (TPSA) is 29.3 Å². The molecule has 112 valence electrons. The van der Waals surface area contributed by atoms with Crippen LogP contribution in [0.1, 0.15) is 52.9 Å². The first-order chi connectivity index (χ1) is 9.07. The molecule has 0 amide bonds. The third-order valence-corrected chi connectivity index (χ3v) is 6.63. The van der Waals surface area contributed by atoms with E-state index in [1.165, 1.54) is 50.2 Å². The van der Waals surface area contributed by atoms with Crippen LogP contribution in [0.2, 0.25) is 0 Å². The maximum absolute atomic E-state index is 6.04. The normalized spacial score (nSPS) is 35.5. The first-order valence-corrected chi connectivity index (χ1v) is 9.26. The van der Waals surface area contributed by atoms with Gasteiger partial charge in [-0.15, -0.1) is 0 Å². The van der Waals surface area contributed by atoms with Gasteiger partial charge in [0.2, 0.25) is 0 Å². The maximum Gasteiger partial charge on any atom is 0.0194 e. The van der Waals surface area contributed by atoms with Crippen LogP contribution in [0.5, 0.6) is 0 Å². The first kappa shape index (κ1) is 15.7. The smallest absolute Gasteiger partial charge is 0.0194 e. The summed E-state index contributed by atoms with van der Waals surface area (Å²) in [5.41, 5.74) is 6.54. The third kappa shape index (κ3) is 3.89. The summed E-state index contributed by atoms with van der Waals surface area (Å²) in [6.45, 7) is 9.28. The fourth-order valence-electron chi connectivity index (χ4n) is 4.10. The van der Waals surface area contributed by atoms with E-state index in [9.17, 15) is 0 Å². The van der Waals surface area contributed by atoms with Crippen LogP contribution in [0.3, 0.4) is 0 Å². The molecule has 3 unspecified atom stereocenters. The monoisotopic (exact) mass is 284 g/mol. The Morgan fingerprint density at radius 1 is 1.26 bits per heavy atom. The van der Waals surface area contributed by atoms with Crippen LogP contribution in [0.15, 0.2) is 0 Å². The van der Waals surface area contributed by atoms with E-state index < -0.39 is 0 Å². The number of thioether (sulfide) groups is 1. The Kier molecular flexibility index (Phi) is 5.62. The Hall–Kier alpha value is 0.270. The number of nitrogens with zero attached hydrogens (tertiary/aromatic N) is 1. The molecule has 3 atom stereocenters. The summed E-state index contributed by atoms with van der Waals surface area (Å²) in [6.07, 6.45) is 6.88.